The van der Waals surface area contributed by atoms with E-state index in [9.17, 15) is 14.4 Å². The molecule has 4 rings (SSSR count). The minimum Gasteiger partial charge on any atom is -0.319 e. The van der Waals surface area contributed by atoms with Gasteiger partial charge in [-0.25, -0.2) is 4.79 Å². The van der Waals surface area contributed by atoms with Crippen LogP contribution in [0.4, 0.5) is 10.5 Å². The van der Waals surface area contributed by atoms with Crippen molar-refractivity contribution < 1.29 is 14.4 Å². The molecular formula is C25H29N3O3. The smallest absolute Gasteiger partial charge is 0.319 e. The monoisotopic (exact) mass is 419 g/mol. The number of carbonyl (C=O) groups is 3. The quantitative estimate of drug-likeness (QED) is 0.713. The predicted octanol–water partition coefficient (Wildman–Crippen LogP) is 4.21. The first kappa shape index (κ1) is 21.1. The van der Waals surface area contributed by atoms with Crippen molar-refractivity contribution in [1.82, 2.24) is 10.2 Å². The van der Waals surface area contributed by atoms with E-state index in [1.165, 1.54) is 6.42 Å². The fourth-order valence-corrected chi connectivity index (χ4v) is 4.83. The van der Waals surface area contributed by atoms with Crippen LogP contribution >= 0.6 is 0 Å². The number of anilines is 1. The summed E-state index contributed by atoms with van der Waals surface area (Å²) in [5.74, 6) is -0.585. The lowest BCUT2D eigenvalue weighted by molar-refractivity contribution is -0.134. The van der Waals surface area contributed by atoms with Crippen molar-refractivity contribution >= 4 is 23.5 Å². The summed E-state index contributed by atoms with van der Waals surface area (Å²) in [6, 6.07) is 18.4. The van der Waals surface area contributed by atoms with Crippen molar-refractivity contribution in [2.24, 2.45) is 0 Å². The number of nitrogens with zero attached hydrogens (tertiary/aromatic N) is 2. The average Bonchev–Trinajstić information content (AvgIpc) is 3.06. The Hall–Kier alpha value is -3.15. The molecule has 6 nitrogen and oxygen atoms in total. The summed E-state index contributed by atoms with van der Waals surface area (Å²) < 4.78 is 0. The molecule has 1 heterocycles. The van der Waals surface area contributed by atoms with E-state index in [0.717, 1.165) is 41.8 Å². The van der Waals surface area contributed by atoms with Gasteiger partial charge in [0.2, 0.25) is 5.91 Å². The molecule has 1 saturated heterocycles. The van der Waals surface area contributed by atoms with Crippen LogP contribution in [0.5, 0.6) is 0 Å². The third kappa shape index (κ3) is 3.94. The number of rotatable bonds is 6. The number of imide groups is 1. The lowest BCUT2D eigenvalue weighted by Gasteiger charge is -2.35. The van der Waals surface area contributed by atoms with Gasteiger partial charge in [0.15, 0.2) is 0 Å². The van der Waals surface area contributed by atoms with Gasteiger partial charge in [0.25, 0.3) is 5.91 Å². The van der Waals surface area contributed by atoms with Gasteiger partial charge in [-0.2, -0.15) is 0 Å². The van der Waals surface area contributed by atoms with Crippen molar-refractivity contribution in [3.8, 4) is 0 Å². The Labute approximate surface area is 183 Å². The Morgan fingerprint density at radius 2 is 1.61 bits per heavy atom. The van der Waals surface area contributed by atoms with Crippen LogP contribution in [0, 0.1) is 0 Å². The lowest BCUT2D eigenvalue weighted by Crippen LogP contribution is -2.49. The van der Waals surface area contributed by atoms with Crippen molar-refractivity contribution in [3.05, 3.63) is 66.2 Å². The van der Waals surface area contributed by atoms with E-state index < -0.39 is 11.6 Å². The molecule has 1 atom stereocenters. The zero-order chi connectivity index (χ0) is 21.8. The van der Waals surface area contributed by atoms with Crippen molar-refractivity contribution in [1.29, 1.82) is 0 Å². The molecule has 6 heteroatoms. The summed E-state index contributed by atoms with van der Waals surface area (Å²) in [4.78, 5) is 42.6. The van der Waals surface area contributed by atoms with Gasteiger partial charge in [0.05, 0.1) is 0 Å². The summed E-state index contributed by atoms with van der Waals surface area (Å²) in [6.07, 6.45) is 5.62. The summed E-state index contributed by atoms with van der Waals surface area (Å²) in [7, 11) is 0. The Bertz CT molecular complexity index is 941. The van der Waals surface area contributed by atoms with Gasteiger partial charge in [0, 0.05) is 11.7 Å². The fourth-order valence-electron chi connectivity index (χ4n) is 4.83. The largest absolute Gasteiger partial charge is 0.325 e. The molecule has 1 aliphatic heterocycles. The second-order valence-electron chi connectivity index (χ2n) is 8.34. The Kier molecular flexibility index (Phi) is 6.07. The molecule has 162 valence electrons. The molecule has 0 aromatic heterocycles. The first-order valence-corrected chi connectivity index (χ1v) is 11.1. The van der Waals surface area contributed by atoms with Crippen molar-refractivity contribution in [3.63, 3.8) is 0 Å². The molecule has 2 aromatic rings. The number of hydrogen-bond donors (Lipinski definition) is 1. The highest BCUT2D eigenvalue weighted by molar-refractivity contribution is 6.10. The van der Waals surface area contributed by atoms with Crippen LogP contribution in [-0.2, 0) is 15.1 Å². The molecule has 0 radical (unpaired) electrons. The Morgan fingerprint density at radius 1 is 1.00 bits per heavy atom. The maximum atomic E-state index is 13.5. The molecular weight excluding hydrogens is 390 g/mol. The zero-order valence-electron chi connectivity index (χ0n) is 17.9. The fraction of sp³-hybridized carbons (Fsp3) is 0.400. The molecule has 0 bridgehead atoms. The van der Waals surface area contributed by atoms with Gasteiger partial charge in [0.1, 0.15) is 12.1 Å². The number of urea groups is 1. The second-order valence-corrected chi connectivity index (χ2v) is 8.34. The first-order valence-electron chi connectivity index (χ1n) is 11.1. The van der Waals surface area contributed by atoms with Gasteiger partial charge in [-0.05, 0) is 37.0 Å². The number of amides is 4. The predicted molar refractivity (Wildman–Crippen MR) is 119 cm³/mol. The first-order chi connectivity index (χ1) is 15.1. The molecule has 2 fully saturated rings. The molecule has 0 unspecified atom stereocenters. The summed E-state index contributed by atoms with van der Waals surface area (Å²) in [5.41, 5.74) is 0.426. The zero-order valence-corrected chi connectivity index (χ0v) is 17.9. The van der Waals surface area contributed by atoms with E-state index in [2.05, 4.69) is 5.32 Å². The summed E-state index contributed by atoms with van der Waals surface area (Å²) in [5, 5.41) is 2.86. The molecule has 4 amide bonds. The van der Waals surface area contributed by atoms with Gasteiger partial charge >= 0.3 is 6.03 Å². The minimum atomic E-state index is -1.12. The highest BCUT2D eigenvalue weighted by Gasteiger charge is 2.52. The third-order valence-corrected chi connectivity index (χ3v) is 6.51. The van der Waals surface area contributed by atoms with Crippen molar-refractivity contribution in [2.75, 3.05) is 11.4 Å². The van der Waals surface area contributed by atoms with Gasteiger partial charge in [-0.3, -0.25) is 14.5 Å². The van der Waals surface area contributed by atoms with E-state index in [-0.39, 0.29) is 24.4 Å². The molecule has 0 spiro atoms. The number of benzene rings is 2. The molecule has 2 aromatic carbocycles. The Morgan fingerprint density at radius 3 is 2.23 bits per heavy atom. The standard InChI is InChI=1S/C25H29N3O3/c1-2-25(19-12-6-3-7-13-19)23(30)27(24(31)26-25)18-22(29)28(20-14-8-4-9-15-20)21-16-10-5-11-17-21/h3-4,6-9,12-15,21H,2,5,10-11,16-18H2,1H3,(H,26,31)/t25-/m1/s1. The molecule has 31 heavy (non-hydrogen) atoms. The summed E-state index contributed by atoms with van der Waals surface area (Å²) >= 11 is 0. The van der Waals surface area contributed by atoms with Crippen LogP contribution in [0.25, 0.3) is 0 Å². The highest BCUT2D eigenvalue weighted by Crippen LogP contribution is 2.33. The SMILES string of the molecule is CC[C@]1(c2ccccc2)NC(=O)N(CC(=O)N(c2ccccc2)C2CCCCC2)C1=O. The number of nitrogens with one attached hydrogen (secondary N) is 1. The van der Waals surface area contributed by atoms with E-state index >= 15 is 0 Å². The molecule has 1 aliphatic carbocycles. The molecule has 2 aliphatic rings. The van der Waals surface area contributed by atoms with Gasteiger partial charge in [-0.15, -0.1) is 0 Å². The van der Waals surface area contributed by atoms with E-state index in [1.54, 1.807) is 4.90 Å². The molecule has 1 saturated carbocycles. The average molecular weight is 420 g/mol. The highest BCUT2D eigenvalue weighted by atomic mass is 16.2. The number of hydrogen-bond acceptors (Lipinski definition) is 3. The normalized spacial score (nSPS) is 21.8. The number of para-hydroxylation sites is 1. The van der Waals surface area contributed by atoms with E-state index in [0.29, 0.717) is 6.42 Å². The minimum absolute atomic E-state index is 0.0921. The maximum Gasteiger partial charge on any atom is 0.325 e. The maximum absolute atomic E-state index is 13.5. The lowest BCUT2D eigenvalue weighted by atomic mass is 9.87. The van der Waals surface area contributed by atoms with Crippen LogP contribution in [-0.4, -0.2) is 35.3 Å². The second kappa shape index (κ2) is 8.92. The Balaban J connectivity index is 1.60. The van der Waals surface area contributed by atoms with E-state index in [1.807, 2.05) is 67.6 Å². The van der Waals surface area contributed by atoms with Gasteiger partial charge < -0.3 is 10.2 Å². The summed E-state index contributed by atoms with van der Waals surface area (Å²) in [6.45, 7) is 1.61. The number of carbonyl (C=O) groups excluding carboxylic acids is 3. The van der Waals surface area contributed by atoms with Crippen LogP contribution in [0.2, 0.25) is 0 Å². The van der Waals surface area contributed by atoms with Crippen LogP contribution in [0.1, 0.15) is 51.0 Å². The van der Waals surface area contributed by atoms with Crippen LogP contribution in [0.3, 0.4) is 0 Å². The van der Waals surface area contributed by atoms with Crippen molar-refractivity contribution in [2.45, 2.75) is 57.0 Å². The van der Waals surface area contributed by atoms with E-state index in [4.69, 9.17) is 0 Å². The topological polar surface area (TPSA) is 69.7 Å². The van der Waals surface area contributed by atoms with Crippen LogP contribution in [0.15, 0.2) is 60.7 Å². The van der Waals surface area contributed by atoms with Crippen LogP contribution < -0.4 is 10.2 Å². The molecule has 1 N–H and O–H groups in total. The van der Waals surface area contributed by atoms with Gasteiger partial charge in [-0.1, -0.05) is 74.7 Å². The third-order valence-electron chi connectivity index (χ3n) is 6.51.